The summed E-state index contributed by atoms with van der Waals surface area (Å²) in [5.74, 6) is -0.000772. The molecule has 0 amide bonds. The number of benzene rings is 7. The molecular formula is C48H38O17S4. The summed E-state index contributed by atoms with van der Waals surface area (Å²) in [6, 6.07) is 38.9. The van der Waals surface area contributed by atoms with E-state index in [0.717, 1.165) is 34.9 Å². The van der Waals surface area contributed by atoms with Gasteiger partial charge >= 0.3 is 0 Å². The van der Waals surface area contributed by atoms with Crippen LogP contribution in [0.5, 0.6) is 28.7 Å². The van der Waals surface area contributed by atoms with Crippen molar-refractivity contribution in [1.82, 2.24) is 0 Å². The van der Waals surface area contributed by atoms with E-state index in [1.54, 1.807) is 56.5 Å². The number of hydrogen-bond acceptors (Lipinski definition) is 17. The standard InChI is InChI=1S/C48H38O17S4/c1-29-7-8-31(26-43(29)66-64-62-51)47(50)33-10-24-42(45(28-33)69(56,57)58)61-39-21-15-36(16-22-39)48(2,34-11-17-37(59-3)18-12-34)35-13-19-38(20-14-35)60-41-23-9-32(27-44(41)67-65-63-52)46(49)30-5-4-6-40(25-30)68(53,54)55/h4-28,51-52H,1-3H3,(H,53,54,55)(H,56,57,58). The van der Waals surface area contributed by atoms with Crippen LogP contribution in [0.4, 0.5) is 0 Å². The van der Waals surface area contributed by atoms with Crippen molar-refractivity contribution in [3.8, 4) is 28.7 Å². The molecule has 0 heterocycles. The number of carbonyl (C=O) groups excluding carboxylic acids is 2. The lowest BCUT2D eigenvalue weighted by atomic mass is 9.71. The molecule has 7 aromatic carbocycles. The zero-order valence-electron chi connectivity index (χ0n) is 36.2. The van der Waals surface area contributed by atoms with Crippen LogP contribution in [0.25, 0.3) is 0 Å². The van der Waals surface area contributed by atoms with Crippen LogP contribution in [-0.2, 0) is 44.4 Å². The first-order valence-corrected chi connectivity index (χ1v) is 24.3. The highest BCUT2D eigenvalue weighted by Gasteiger charge is 2.32. The fourth-order valence-electron chi connectivity index (χ4n) is 7.19. The van der Waals surface area contributed by atoms with Gasteiger partial charge in [-0.25, -0.2) is 10.5 Å². The summed E-state index contributed by atoms with van der Waals surface area (Å²) in [5.41, 5.74) is 2.48. The van der Waals surface area contributed by atoms with Gasteiger partial charge in [0.25, 0.3) is 20.2 Å². The normalized spacial score (nSPS) is 12.5. The van der Waals surface area contributed by atoms with E-state index in [2.05, 4.69) is 18.7 Å². The molecule has 0 saturated heterocycles. The molecular weight excluding hydrogens is 977 g/mol. The number of ketones is 2. The Hall–Kier alpha value is -6.44. The van der Waals surface area contributed by atoms with E-state index in [1.807, 2.05) is 43.3 Å². The molecule has 1 atom stereocenters. The van der Waals surface area contributed by atoms with Gasteiger partial charge in [0.1, 0.15) is 33.6 Å². The van der Waals surface area contributed by atoms with Crippen molar-refractivity contribution in [3.63, 3.8) is 0 Å². The number of rotatable bonds is 20. The quantitative estimate of drug-likeness (QED) is 0.0138. The average Bonchev–Trinajstić information content (AvgIpc) is 3.35. The fourth-order valence-corrected chi connectivity index (χ4v) is 9.31. The zero-order chi connectivity index (χ0) is 49.5. The Morgan fingerprint density at radius 1 is 0.522 bits per heavy atom. The molecule has 0 aliphatic carbocycles. The van der Waals surface area contributed by atoms with Gasteiger partial charge in [0, 0.05) is 32.6 Å². The van der Waals surface area contributed by atoms with Crippen molar-refractivity contribution in [2.24, 2.45) is 0 Å². The van der Waals surface area contributed by atoms with Crippen molar-refractivity contribution < 1.29 is 79.0 Å². The summed E-state index contributed by atoms with van der Waals surface area (Å²) in [7, 11) is -7.92. The van der Waals surface area contributed by atoms with E-state index < -0.39 is 47.0 Å². The Balaban J connectivity index is 1.16. The van der Waals surface area contributed by atoms with Crippen molar-refractivity contribution in [2.45, 2.75) is 38.8 Å². The Kier molecular flexibility index (Phi) is 15.7. The summed E-state index contributed by atoms with van der Waals surface area (Å²) < 4.78 is 95.2. The highest BCUT2D eigenvalue weighted by atomic mass is 32.2. The predicted molar refractivity (Wildman–Crippen MR) is 250 cm³/mol. The first-order chi connectivity index (χ1) is 32.9. The molecule has 7 rings (SSSR count). The summed E-state index contributed by atoms with van der Waals surface area (Å²) in [5, 5.41) is 24.9. The molecule has 21 heteroatoms. The Labute approximate surface area is 403 Å². The minimum Gasteiger partial charge on any atom is -0.497 e. The first-order valence-electron chi connectivity index (χ1n) is 20.0. The molecule has 69 heavy (non-hydrogen) atoms. The van der Waals surface area contributed by atoms with E-state index in [1.165, 1.54) is 54.6 Å². The summed E-state index contributed by atoms with van der Waals surface area (Å²) in [6.45, 7) is 3.74. The highest BCUT2D eigenvalue weighted by Crippen LogP contribution is 2.42. The number of ether oxygens (including phenoxy) is 3. The summed E-state index contributed by atoms with van der Waals surface area (Å²) in [4.78, 5) is 26.4. The van der Waals surface area contributed by atoms with Crippen molar-refractivity contribution in [3.05, 3.63) is 196 Å². The summed E-state index contributed by atoms with van der Waals surface area (Å²) >= 11 is 1.20. The van der Waals surface area contributed by atoms with Gasteiger partial charge in [-0.2, -0.15) is 16.8 Å². The predicted octanol–water partition coefficient (Wildman–Crippen LogP) is 10.8. The number of hydrogen-bond donors (Lipinski definition) is 4. The lowest BCUT2D eigenvalue weighted by Crippen LogP contribution is -2.25. The Bertz CT molecular complexity index is 3240. The topological polar surface area (TPSA) is 248 Å². The monoisotopic (exact) mass is 1010 g/mol. The molecule has 356 valence electrons. The van der Waals surface area contributed by atoms with Gasteiger partial charge in [-0.05, 0) is 127 Å². The molecule has 0 radical (unpaired) electrons. The molecule has 0 aromatic heterocycles. The van der Waals surface area contributed by atoms with Crippen LogP contribution in [0.15, 0.2) is 171 Å². The molecule has 0 bridgehead atoms. The number of carbonyl (C=O) groups is 2. The Morgan fingerprint density at radius 3 is 1.48 bits per heavy atom. The second kappa shape index (κ2) is 21.5. The number of aryl methyl sites for hydroxylation is 1. The van der Waals surface area contributed by atoms with Gasteiger partial charge in [0.15, 0.2) is 11.6 Å². The summed E-state index contributed by atoms with van der Waals surface area (Å²) in [6.07, 6.45) is 0. The van der Waals surface area contributed by atoms with Gasteiger partial charge in [-0.15, -0.1) is 8.67 Å². The SMILES string of the molecule is COc1ccc(C(C)(c2ccc(Oc3ccc(C(=O)c4cccc(S(=O)(=O)O)c4)cc3SOOO)cc2)c2ccc(Oc3ccc(C(=O)c4ccc(C)c(SOOO)c4)cc3S(=O)(=O)O)cc2)cc1. The fraction of sp³-hybridized carbons (Fsp3) is 0.0833. The van der Waals surface area contributed by atoms with Gasteiger partial charge in [-0.3, -0.25) is 18.7 Å². The van der Waals surface area contributed by atoms with Gasteiger partial charge in [-0.1, -0.05) is 70.7 Å². The maximum atomic E-state index is 13.5. The van der Waals surface area contributed by atoms with E-state index in [4.69, 9.17) is 24.7 Å². The highest BCUT2D eigenvalue weighted by molar-refractivity contribution is 7.94. The molecule has 0 saturated carbocycles. The van der Waals surface area contributed by atoms with Crippen LogP contribution in [0.3, 0.4) is 0 Å². The van der Waals surface area contributed by atoms with E-state index in [-0.39, 0.29) is 44.4 Å². The third-order valence-corrected chi connectivity index (χ3v) is 13.9. The third-order valence-electron chi connectivity index (χ3n) is 10.8. The largest absolute Gasteiger partial charge is 0.497 e. The van der Waals surface area contributed by atoms with Gasteiger partial charge < -0.3 is 14.2 Å². The van der Waals surface area contributed by atoms with Crippen LogP contribution >= 0.6 is 24.1 Å². The minimum atomic E-state index is -4.91. The maximum Gasteiger partial charge on any atom is 0.298 e. The lowest BCUT2D eigenvalue weighted by Gasteiger charge is -2.32. The van der Waals surface area contributed by atoms with E-state index in [0.29, 0.717) is 46.0 Å². The third kappa shape index (κ3) is 11.7. The molecule has 4 N–H and O–H groups in total. The van der Waals surface area contributed by atoms with Crippen LogP contribution in [-0.4, -0.2) is 55.1 Å². The molecule has 0 aliphatic rings. The van der Waals surface area contributed by atoms with Crippen molar-refractivity contribution in [2.75, 3.05) is 7.11 Å². The molecule has 17 nitrogen and oxygen atoms in total. The van der Waals surface area contributed by atoms with Crippen LogP contribution < -0.4 is 14.2 Å². The van der Waals surface area contributed by atoms with Crippen LogP contribution in [0.1, 0.15) is 61.0 Å². The second-order valence-corrected chi connectivity index (χ2v) is 19.3. The molecule has 1 unspecified atom stereocenters. The van der Waals surface area contributed by atoms with Crippen LogP contribution in [0.2, 0.25) is 0 Å². The van der Waals surface area contributed by atoms with Crippen molar-refractivity contribution >= 4 is 55.9 Å². The molecule has 0 aliphatic heterocycles. The zero-order valence-corrected chi connectivity index (χ0v) is 39.4. The van der Waals surface area contributed by atoms with Gasteiger partial charge in [0.05, 0.1) is 41.0 Å². The van der Waals surface area contributed by atoms with Crippen LogP contribution in [0, 0.1) is 6.92 Å². The van der Waals surface area contributed by atoms with Crippen molar-refractivity contribution in [1.29, 1.82) is 0 Å². The minimum absolute atomic E-state index is 0.0178. The van der Waals surface area contributed by atoms with E-state index in [9.17, 15) is 35.5 Å². The van der Waals surface area contributed by atoms with Gasteiger partial charge in [0.2, 0.25) is 0 Å². The smallest absolute Gasteiger partial charge is 0.298 e. The second-order valence-electron chi connectivity index (χ2n) is 15.0. The molecule has 0 fully saturated rings. The maximum absolute atomic E-state index is 13.5. The van der Waals surface area contributed by atoms with E-state index >= 15 is 0 Å². The Morgan fingerprint density at radius 2 is 0.971 bits per heavy atom. The lowest BCUT2D eigenvalue weighted by molar-refractivity contribution is -0.432. The number of methoxy groups -OCH3 is 1. The average molecular weight is 1020 g/mol. The molecule has 7 aromatic rings. The molecule has 0 spiro atoms. The first kappa shape index (κ1) is 50.4.